The standard InChI is InChI=1S/C21H20ClNO4S2/c1-4-26-17-11-13(10-16(22)19(17)27-5-2)12-18-20(24)23(21(28)29-18)14-6-8-15(25-3)9-7-14/h6-12H,4-5H2,1-3H3/b18-12-. The quantitative estimate of drug-likeness (QED) is 0.408. The van der Waals surface area contributed by atoms with E-state index in [1.165, 1.54) is 16.7 Å². The number of anilines is 1. The summed E-state index contributed by atoms with van der Waals surface area (Å²) in [6.45, 7) is 4.71. The smallest absolute Gasteiger partial charge is 0.270 e. The number of thioether (sulfide) groups is 1. The first-order valence-electron chi connectivity index (χ1n) is 8.99. The highest BCUT2D eigenvalue weighted by Crippen LogP contribution is 2.40. The van der Waals surface area contributed by atoms with Gasteiger partial charge in [-0.1, -0.05) is 35.6 Å². The molecule has 1 saturated heterocycles. The number of carbonyl (C=O) groups is 1. The van der Waals surface area contributed by atoms with Crippen molar-refractivity contribution in [3.05, 3.63) is 51.9 Å². The zero-order chi connectivity index (χ0) is 21.0. The van der Waals surface area contributed by atoms with Crippen molar-refractivity contribution in [3.8, 4) is 17.2 Å². The van der Waals surface area contributed by atoms with Crippen LogP contribution in [0.2, 0.25) is 5.02 Å². The van der Waals surface area contributed by atoms with Gasteiger partial charge in [0.1, 0.15) is 5.75 Å². The minimum absolute atomic E-state index is 0.187. The molecular formula is C21H20ClNO4S2. The van der Waals surface area contributed by atoms with Crippen molar-refractivity contribution in [3.63, 3.8) is 0 Å². The Hall–Kier alpha value is -2.22. The van der Waals surface area contributed by atoms with E-state index in [1.807, 2.05) is 13.8 Å². The largest absolute Gasteiger partial charge is 0.497 e. The highest BCUT2D eigenvalue weighted by molar-refractivity contribution is 8.27. The maximum absolute atomic E-state index is 13.0. The van der Waals surface area contributed by atoms with Gasteiger partial charge < -0.3 is 14.2 Å². The highest BCUT2D eigenvalue weighted by Gasteiger charge is 2.33. The molecule has 0 N–H and O–H groups in total. The Bertz CT molecular complexity index is 960. The van der Waals surface area contributed by atoms with Gasteiger partial charge in [-0.2, -0.15) is 0 Å². The number of ether oxygens (including phenoxy) is 3. The van der Waals surface area contributed by atoms with Crippen molar-refractivity contribution in [2.45, 2.75) is 13.8 Å². The summed E-state index contributed by atoms with van der Waals surface area (Å²) in [6, 6.07) is 10.7. The lowest BCUT2D eigenvalue weighted by Gasteiger charge is -2.15. The van der Waals surface area contributed by atoms with Crippen LogP contribution in [-0.4, -0.2) is 30.6 Å². The van der Waals surface area contributed by atoms with Crippen LogP contribution in [-0.2, 0) is 4.79 Å². The highest BCUT2D eigenvalue weighted by atomic mass is 35.5. The topological polar surface area (TPSA) is 48.0 Å². The fourth-order valence-electron chi connectivity index (χ4n) is 2.79. The lowest BCUT2D eigenvalue weighted by molar-refractivity contribution is -0.113. The number of hydrogen-bond acceptors (Lipinski definition) is 6. The maximum Gasteiger partial charge on any atom is 0.270 e. The SMILES string of the molecule is CCOc1cc(/C=C2\SC(=S)N(c3ccc(OC)cc3)C2=O)cc(Cl)c1OCC. The zero-order valence-corrected chi connectivity index (χ0v) is 18.6. The Morgan fingerprint density at radius 1 is 1.14 bits per heavy atom. The molecule has 0 radical (unpaired) electrons. The molecule has 2 aromatic carbocycles. The second kappa shape index (κ2) is 9.52. The van der Waals surface area contributed by atoms with Crippen molar-refractivity contribution in [2.75, 3.05) is 25.2 Å². The minimum atomic E-state index is -0.187. The van der Waals surface area contributed by atoms with E-state index in [9.17, 15) is 4.79 Å². The zero-order valence-electron chi connectivity index (χ0n) is 16.2. The fraction of sp³-hybridized carbons (Fsp3) is 0.238. The molecule has 2 aromatic rings. The molecule has 3 rings (SSSR count). The second-order valence-corrected chi connectivity index (χ2v) is 7.99. The number of thiocarbonyl (C=S) groups is 1. The van der Waals surface area contributed by atoms with Crippen molar-refractivity contribution in [1.82, 2.24) is 0 Å². The van der Waals surface area contributed by atoms with Crippen LogP contribution in [0.1, 0.15) is 19.4 Å². The normalized spacial score (nSPS) is 15.2. The number of nitrogens with zero attached hydrogens (tertiary/aromatic N) is 1. The summed E-state index contributed by atoms with van der Waals surface area (Å²) in [5.74, 6) is 1.56. The Morgan fingerprint density at radius 2 is 1.83 bits per heavy atom. The van der Waals surface area contributed by atoms with Gasteiger partial charge in [0.05, 0.1) is 35.9 Å². The minimum Gasteiger partial charge on any atom is -0.497 e. The average Bonchev–Trinajstić information content (AvgIpc) is 2.98. The van der Waals surface area contributed by atoms with E-state index in [4.69, 9.17) is 38.0 Å². The molecule has 0 atom stereocenters. The summed E-state index contributed by atoms with van der Waals surface area (Å²) in [4.78, 5) is 15.0. The van der Waals surface area contributed by atoms with E-state index >= 15 is 0 Å². The van der Waals surface area contributed by atoms with Crippen molar-refractivity contribution in [2.24, 2.45) is 0 Å². The first kappa shape index (κ1) is 21.5. The van der Waals surface area contributed by atoms with Crippen LogP contribution < -0.4 is 19.1 Å². The molecule has 0 aliphatic carbocycles. The predicted octanol–water partition coefficient (Wildman–Crippen LogP) is 5.55. The van der Waals surface area contributed by atoms with Crippen molar-refractivity contribution in [1.29, 1.82) is 0 Å². The lowest BCUT2D eigenvalue weighted by Crippen LogP contribution is -2.27. The predicted molar refractivity (Wildman–Crippen MR) is 122 cm³/mol. The van der Waals surface area contributed by atoms with Gasteiger partial charge in [-0.25, -0.2) is 0 Å². The number of halogens is 1. The lowest BCUT2D eigenvalue weighted by atomic mass is 10.1. The summed E-state index contributed by atoms with van der Waals surface area (Å²) in [6.07, 6.45) is 1.76. The molecular weight excluding hydrogens is 430 g/mol. The van der Waals surface area contributed by atoms with E-state index < -0.39 is 0 Å². The van der Waals surface area contributed by atoms with E-state index in [1.54, 1.807) is 49.6 Å². The Balaban J connectivity index is 1.92. The first-order chi connectivity index (χ1) is 14.0. The number of hydrogen-bond donors (Lipinski definition) is 0. The molecule has 1 aliphatic heterocycles. The molecule has 152 valence electrons. The van der Waals surface area contributed by atoms with Crippen LogP contribution in [0.25, 0.3) is 6.08 Å². The number of rotatable bonds is 7. The molecule has 0 aromatic heterocycles. The first-order valence-corrected chi connectivity index (χ1v) is 10.6. The van der Waals surface area contributed by atoms with Crippen LogP contribution in [0, 0.1) is 0 Å². The van der Waals surface area contributed by atoms with Gasteiger partial charge in [0.2, 0.25) is 0 Å². The van der Waals surface area contributed by atoms with Gasteiger partial charge in [-0.3, -0.25) is 9.69 Å². The Labute approximate surface area is 184 Å². The van der Waals surface area contributed by atoms with E-state index in [0.29, 0.717) is 50.4 Å². The monoisotopic (exact) mass is 449 g/mol. The number of amides is 1. The molecule has 1 heterocycles. The van der Waals surface area contributed by atoms with E-state index in [0.717, 1.165) is 5.56 Å². The summed E-state index contributed by atoms with van der Waals surface area (Å²) >= 11 is 13.0. The molecule has 0 unspecified atom stereocenters. The molecule has 5 nitrogen and oxygen atoms in total. The maximum atomic E-state index is 13.0. The summed E-state index contributed by atoms with van der Waals surface area (Å²) in [7, 11) is 1.59. The van der Waals surface area contributed by atoms with Crippen LogP contribution in [0.5, 0.6) is 17.2 Å². The van der Waals surface area contributed by atoms with E-state index in [-0.39, 0.29) is 5.91 Å². The third-order valence-electron chi connectivity index (χ3n) is 4.04. The summed E-state index contributed by atoms with van der Waals surface area (Å²) in [5.41, 5.74) is 1.42. The summed E-state index contributed by atoms with van der Waals surface area (Å²) in [5, 5.41) is 0.426. The number of carbonyl (C=O) groups excluding carboxylic acids is 1. The molecule has 8 heteroatoms. The Kier molecular flexibility index (Phi) is 7.05. The van der Waals surface area contributed by atoms with Crippen LogP contribution in [0.3, 0.4) is 0 Å². The molecule has 1 amide bonds. The Morgan fingerprint density at radius 3 is 2.45 bits per heavy atom. The molecule has 29 heavy (non-hydrogen) atoms. The molecule has 1 fully saturated rings. The number of methoxy groups -OCH3 is 1. The van der Waals surface area contributed by atoms with Gasteiger partial charge in [-0.15, -0.1) is 0 Å². The average molecular weight is 450 g/mol. The molecule has 0 saturated carbocycles. The van der Waals surface area contributed by atoms with Crippen molar-refractivity contribution < 1.29 is 19.0 Å². The third-order valence-corrected chi connectivity index (χ3v) is 5.63. The molecule has 0 bridgehead atoms. The van der Waals surface area contributed by atoms with Crippen molar-refractivity contribution >= 4 is 57.6 Å². The van der Waals surface area contributed by atoms with Gasteiger partial charge in [0.25, 0.3) is 5.91 Å². The van der Waals surface area contributed by atoms with Gasteiger partial charge in [0.15, 0.2) is 15.8 Å². The second-order valence-electron chi connectivity index (χ2n) is 5.91. The fourth-order valence-corrected chi connectivity index (χ4v) is 4.36. The molecule has 1 aliphatic rings. The number of benzene rings is 2. The molecule has 0 spiro atoms. The summed E-state index contributed by atoms with van der Waals surface area (Å²) < 4.78 is 16.9. The van der Waals surface area contributed by atoms with Gasteiger partial charge in [0, 0.05) is 0 Å². The van der Waals surface area contributed by atoms with Crippen LogP contribution >= 0.6 is 35.6 Å². The van der Waals surface area contributed by atoms with E-state index in [2.05, 4.69) is 0 Å². The van der Waals surface area contributed by atoms with Crippen LogP contribution in [0.15, 0.2) is 41.3 Å². The van der Waals surface area contributed by atoms with Gasteiger partial charge >= 0.3 is 0 Å². The van der Waals surface area contributed by atoms with Gasteiger partial charge in [-0.05, 0) is 61.9 Å². The third kappa shape index (κ3) is 4.69. The van der Waals surface area contributed by atoms with Crippen LogP contribution in [0.4, 0.5) is 5.69 Å².